The van der Waals surface area contributed by atoms with Gasteiger partial charge in [-0.3, -0.25) is 19.3 Å². The highest BCUT2D eigenvalue weighted by Gasteiger charge is 2.78. The highest BCUT2D eigenvalue weighted by molar-refractivity contribution is 5.99. The number of carbonyl (C=O) groups excluding carboxylic acids is 3. The molecule has 2 unspecified atom stereocenters. The second-order valence-electron chi connectivity index (χ2n) is 10.5. The summed E-state index contributed by atoms with van der Waals surface area (Å²) in [5.41, 5.74) is -1.92. The number of ether oxygens (including phenoxy) is 2. The van der Waals surface area contributed by atoms with Gasteiger partial charge in [0, 0.05) is 52.9 Å². The van der Waals surface area contributed by atoms with Gasteiger partial charge in [0.2, 0.25) is 17.7 Å². The highest BCUT2D eigenvalue weighted by atomic mass is 16.5. The lowest BCUT2D eigenvalue weighted by Gasteiger charge is -2.37. The van der Waals surface area contributed by atoms with Crippen LogP contribution in [0.5, 0.6) is 0 Å². The third-order valence-electron chi connectivity index (χ3n) is 8.35. The molecule has 0 aromatic rings. The van der Waals surface area contributed by atoms with Crippen molar-refractivity contribution in [3.05, 3.63) is 25.3 Å². The molecule has 0 saturated carbocycles. The van der Waals surface area contributed by atoms with Crippen LogP contribution in [0.4, 0.5) is 0 Å². The van der Waals surface area contributed by atoms with E-state index < -0.39 is 29.1 Å². The van der Waals surface area contributed by atoms with E-state index in [-0.39, 0.29) is 30.9 Å². The molecule has 10 heteroatoms. The van der Waals surface area contributed by atoms with E-state index in [1.165, 1.54) is 4.90 Å². The summed E-state index contributed by atoms with van der Waals surface area (Å²) >= 11 is 0. The Labute approximate surface area is 213 Å². The smallest absolute Gasteiger partial charge is 0.248 e. The topological polar surface area (TPSA) is 103 Å². The Hall–Kier alpha value is -2.27. The molecule has 4 saturated heterocycles. The summed E-state index contributed by atoms with van der Waals surface area (Å²) in [7, 11) is 1.69. The number of carbonyl (C=O) groups is 3. The molecule has 4 fully saturated rings. The lowest BCUT2D eigenvalue weighted by molar-refractivity contribution is -0.153. The number of aliphatic hydroxyl groups excluding tert-OH is 1. The molecular formula is C26H40N4O6. The molecule has 3 amide bonds. The van der Waals surface area contributed by atoms with Crippen LogP contribution in [-0.2, 0) is 23.9 Å². The van der Waals surface area contributed by atoms with Crippen LogP contribution in [0, 0.1) is 11.8 Å². The average molecular weight is 505 g/mol. The fourth-order valence-electron chi connectivity index (χ4n) is 6.66. The van der Waals surface area contributed by atoms with Crippen LogP contribution in [0.3, 0.4) is 0 Å². The number of aliphatic hydroxyl groups is 1. The Morgan fingerprint density at radius 3 is 2.47 bits per heavy atom. The van der Waals surface area contributed by atoms with E-state index in [1.54, 1.807) is 29.0 Å². The number of fused-ring (bicyclic) bond motifs is 1. The van der Waals surface area contributed by atoms with Gasteiger partial charge in [0.05, 0.1) is 37.3 Å². The van der Waals surface area contributed by atoms with E-state index in [2.05, 4.69) is 18.1 Å². The van der Waals surface area contributed by atoms with Gasteiger partial charge in [-0.15, -0.1) is 13.2 Å². The van der Waals surface area contributed by atoms with Crippen LogP contribution < -0.4 is 0 Å². The predicted octanol–water partition coefficient (Wildman–Crippen LogP) is -0.265. The molecule has 2 bridgehead atoms. The molecule has 0 aromatic heterocycles. The molecule has 0 aromatic carbocycles. The van der Waals surface area contributed by atoms with E-state index >= 15 is 0 Å². The summed E-state index contributed by atoms with van der Waals surface area (Å²) in [5.74, 6) is -2.14. The van der Waals surface area contributed by atoms with Crippen LogP contribution >= 0.6 is 0 Å². The minimum absolute atomic E-state index is 0.0162. The maximum Gasteiger partial charge on any atom is 0.248 e. The van der Waals surface area contributed by atoms with E-state index in [0.29, 0.717) is 52.2 Å². The van der Waals surface area contributed by atoms with Gasteiger partial charge in [-0.25, -0.2) is 0 Å². The van der Waals surface area contributed by atoms with Crippen LogP contribution in [-0.4, -0.2) is 132 Å². The first-order valence-corrected chi connectivity index (χ1v) is 12.9. The fraction of sp³-hybridized carbons (Fsp3) is 0.731. The van der Waals surface area contributed by atoms with Gasteiger partial charge < -0.3 is 29.3 Å². The number of hydrogen-bond acceptors (Lipinski definition) is 7. The molecule has 0 aliphatic carbocycles. The van der Waals surface area contributed by atoms with Gasteiger partial charge in [-0.2, -0.15) is 0 Å². The van der Waals surface area contributed by atoms with Crippen molar-refractivity contribution in [3.63, 3.8) is 0 Å². The van der Waals surface area contributed by atoms with E-state index in [4.69, 9.17) is 9.47 Å². The summed E-state index contributed by atoms with van der Waals surface area (Å²) in [6, 6.07) is -0.892. The largest absolute Gasteiger partial charge is 0.395 e. The van der Waals surface area contributed by atoms with Crippen molar-refractivity contribution < 1.29 is 29.0 Å². The van der Waals surface area contributed by atoms with Gasteiger partial charge in [-0.05, 0) is 19.8 Å². The zero-order valence-corrected chi connectivity index (χ0v) is 21.6. The molecule has 36 heavy (non-hydrogen) atoms. The molecule has 4 aliphatic heterocycles. The van der Waals surface area contributed by atoms with Crippen molar-refractivity contribution in [2.45, 2.75) is 37.0 Å². The summed E-state index contributed by atoms with van der Waals surface area (Å²) in [6.07, 6.45) is 4.43. The normalized spacial score (nSPS) is 33.5. The molecule has 1 spiro atoms. The zero-order chi connectivity index (χ0) is 26.1. The molecule has 200 valence electrons. The molecule has 4 rings (SSSR count). The SMILES string of the molecule is C=CCN(C)C(=O)[C@H]1[C@H]2C(=O)N(CCO)C(C(=O)N(CC=C)CCN3CCOCC3)C23CC[C@]1(C)O3. The predicted molar refractivity (Wildman–Crippen MR) is 133 cm³/mol. The molecule has 4 aliphatic rings. The Morgan fingerprint density at radius 1 is 1.14 bits per heavy atom. The Balaban J connectivity index is 1.64. The Kier molecular flexibility index (Phi) is 7.89. The zero-order valence-electron chi connectivity index (χ0n) is 21.6. The molecule has 5 atom stereocenters. The minimum atomic E-state index is -1.09. The van der Waals surface area contributed by atoms with Crippen LogP contribution in [0.15, 0.2) is 25.3 Å². The second kappa shape index (κ2) is 10.6. The number of nitrogens with zero attached hydrogens (tertiary/aromatic N) is 4. The monoisotopic (exact) mass is 504 g/mol. The third kappa shape index (κ3) is 4.38. The van der Waals surface area contributed by atoms with Gasteiger partial charge in [0.15, 0.2) is 0 Å². The number of morpholine rings is 1. The third-order valence-corrected chi connectivity index (χ3v) is 8.35. The van der Waals surface area contributed by atoms with Crippen molar-refractivity contribution in [3.8, 4) is 0 Å². The van der Waals surface area contributed by atoms with Gasteiger partial charge >= 0.3 is 0 Å². The average Bonchev–Trinajstić information content (AvgIpc) is 3.43. The molecular weight excluding hydrogens is 464 g/mol. The first-order chi connectivity index (χ1) is 17.2. The molecule has 1 N–H and O–H groups in total. The van der Waals surface area contributed by atoms with Crippen LogP contribution in [0.1, 0.15) is 19.8 Å². The maximum atomic E-state index is 14.2. The van der Waals surface area contributed by atoms with Crippen LogP contribution in [0.25, 0.3) is 0 Å². The standard InChI is InChI=1S/C26H40N4O6/c1-5-9-27(4)22(32)19-20-23(33)30(13-16-31)21(26(20)8-7-25(19,3)36-26)24(34)29(10-6-2)12-11-28-14-17-35-18-15-28/h5-6,19-21,31H,1-2,7-18H2,3-4H3/t19-,20+,21?,25+,26?/m1/s1. The van der Waals surface area contributed by atoms with E-state index in [9.17, 15) is 19.5 Å². The maximum absolute atomic E-state index is 14.2. The summed E-state index contributed by atoms with van der Waals surface area (Å²) in [5, 5.41) is 9.79. The van der Waals surface area contributed by atoms with Crippen LogP contribution in [0.2, 0.25) is 0 Å². The number of likely N-dealkylation sites (N-methyl/N-ethyl adjacent to an activating group) is 1. The summed E-state index contributed by atoms with van der Waals surface area (Å²) in [6.45, 7) is 14.0. The minimum Gasteiger partial charge on any atom is -0.395 e. The number of hydrogen-bond donors (Lipinski definition) is 1. The van der Waals surface area contributed by atoms with Crippen molar-refractivity contribution in [2.24, 2.45) is 11.8 Å². The lowest BCUT2D eigenvalue weighted by Crippen LogP contribution is -2.57. The highest BCUT2D eigenvalue weighted by Crippen LogP contribution is 2.63. The molecule has 10 nitrogen and oxygen atoms in total. The Bertz CT molecular complexity index is 892. The molecule has 0 radical (unpaired) electrons. The molecule has 4 heterocycles. The Morgan fingerprint density at radius 2 is 1.83 bits per heavy atom. The van der Waals surface area contributed by atoms with Crippen molar-refractivity contribution >= 4 is 17.7 Å². The quantitative estimate of drug-likeness (QED) is 0.387. The van der Waals surface area contributed by atoms with Crippen molar-refractivity contribution in [1.29, 1.82) is 0 Å². The van der Waals surface area contributed by atoms with Gasteiger partial charge in [0.25, 0.3) is 0 Å². The fourth-order valence-corrected chi connectivity index (χ4v) is 6.66. The first-order valence-electron chi connectivity index (χ1n) is 12.9. The second-order valence-corrected chi connectivity index (χ2v) is 10.5. The number of likely N-dealkylation sites (tertiary alicyclic amines) is 1. The summed E-state index contributed by atoms with van der Waals surface area (Å²) in [4.78, 5) is 48.5. The number of β-amino-alcohol motifs (C(OH)–C–C–N with tert-alkyl or cyclic N) is 1. The van der Waals surface area contributed by atoms with Crippen molar-refractivity contribution in [2.75, 3.05) is 72.7 Å². The lowest BCUT2D eigenvalue weighted by atomic mass is 9.66. The number of rotatable bonds is 11. The van der Waals surface area contributed by atoms with Crippen molar-refractivity contribution in [1.82, 2.24) is 19.6 Å². The summed E-state index contributed by atoms with van der Waals surface area (Å²) < 4.78 is 12.0. The van der Waals surface area contributed by atoms with E-state index in [0.717, 1.165) is 13.1 Å². The van der Waals surface area contributed by atoms with Gasteiger partial charge in [-0.1, -0.05) is 12.2 Å². The van der Waals surface area contributed by atoms with Gasteiger partial charge in [0.1, 0.15) is 11.6 Å². The van der Waals surface area contributed by atoms with E-state index in [1.807, 2.05) is 6.92 Å². The number of amides is 3. The first kappa shape index (κ1) is 26.8.